The zero-order valence-electron chi connectivity index (χ0n) is 10.7. The number of halogens is 1. The first-order valence-electron chi connectivity index (χ1n) is 6.20. The van der Waals surface area contributed by atoms with Crippen molar-refractivity contribution in [1.82, 2.24) is 5.32 Å². The van der Waals surface area contributed by atoms with E-state index in [0.717, 1.165) is 25.9 Å². The number of phenolic OH excluding ortho intramolecular Hbond substituents is 1. The Bertz CT molecular complexity index is 311. The summed E-state index contributed by atoms with van der Waals surface area (Å²) in [6.07, 6.45) is 2.19. The maximum Gasteiger partial charge on any atom is 0.115 e. The molecule has 1 rings (SSSR count). The average Bonchev–Trinajstić information content (AvgIpc) is 2.38. The molecule has 1 aromatic rings. The average molecular weight is 256 g/mol. The number of benzene rings is 1. The minimum atomic E-state index is 0.207. The van der Waals surface area contributed by atoms with E-state index in [1.54, 1.807) is 12.1 Å². The van der Waals surface area contributed by atoms with Crippen molar-refractivity contribution in [3.63, 3.8) is 0 Å². The Kier molecular flexibility index (Phi) is 5.79. The highest BCUT2D eigenvalue weighted by molar-refractivity contribution is 6.18. The highest BCUT2D eigenvalue weighted by Gasteiger charge is 2.24. The maximum absolute atomic E-state index is 9.19. The molecule has 1 aromatic carbocycles. The van der Waals surface area contributed by atoms with E-state index in [9.17, 15) is 5.11 Å². The molecular weight excluding hydrogens is 234 g/mol. The van der Waals surface area contributed by atoms with Crippen molar-refractivity contribution in [2.75, 3.05) is 12.4 Å². The second kappa shape index (κ2) is 6.87. The standard InChI is InChI=1S/C14H22ClNO/c1-3-14(4-2,10-15)11-16-9-12-5-7-13(17)8-6-12/h5-8,16-17H,3-4,9-11H2,1-2H3. The van der Waals surface area contributed by atoms with Gasteiger partial charge in [-0.2, -0.15) is 0 Å². The topological polar surface area (TPSA) is 32.3 Å². The zero-order valence-corrected chi connectivity index (χ0v) is 11.4. The van der Waals surface area contributed by atoms with Gasteiger partial charge in [-0.3, -0.25) is 0 Å². The van der Waals surface area contributed by atoms with Crippen LogP contribution in [0.4, 0.5) is 0 Å². The molecule has 2 nitrogen and oxygen atoms in total. The summed E-state index contributed by atoms with van der Waals surface area (Å²) >= 11 is 6.05. The third-order valence-corrected chi connectivity index (χ3v) is 4.12. The summed E-state index contributed by atoms with van der Waals surface area (Å²) in [6.45, 7) is 6.13. The van der Waals surface area contributed by atoms with Crippen LogP contribution in [0.3, 0.4) is 0 Å². The van der Waals surface area contributed by atoms with Gasteiger partial charge in [-0.25, -0.2) is 0 Å². The second-order valence-corrected chi connectivity index (χ2v) is 4.88. The van der Waals surface area contributed by atoms with Gasteiger partial charge < -0.3 is 10.4 Å². The molecule has 96 valence electrons. The van der Waals surface area contributed by atoms with E-state index in [4.69, 9.17) is 11.6 Å². The van der Waals surface area contributed by atoms with Crippen molar-refractivity contribution in [1.29, 1.82) is 0 Å². The van der Waals surface area contributed by atoms with Crippen molar-refractivity contribution in [2.24, 2.45) is 5.41 Å². The summed E-state index contributed by atoms with van der Waals surface area (Å²) in [5, 5.41) is 12.6. The largest absolute Gasteiger partial charge is 0.508 e. The van der Waals surface area contributed by atoms with Gasteiger partial charge in [0.1, 0.15) is 5.75 Å². The Balaban J connectivity index is 2.43. The summed E-state index contributed by atoms with van der Waals surface area (Å²) < 4.78 is 0. The van der Waals surface area contributed by atoms with Crippen LogP contribution in [0.5, 0.6) is 5.75 Å². The van der Waals surface area contributed by atoms with Crippen LogP contribution in [-0.4, -0.2) is 17.5 Å². The van der Waals surface area contributed by atoms with Gasteiger partial charge in [-0.05, 0) is 36.0 Å². The monoisotopic (exact) mass is 255 g/mol. The van der Waals surface area contributed by atoms with Crippen molar-refractivity contribution in [3.05, 3.63) is 29.8 Å². The molecule has 0 radical (unpaired) electrons. The van der Waals surface area contributed by atoms with Gasteiger partial charge in [0.25, 0.3) is 0 Å². The van der Waals surface area contributed by atoms with E-state index in [2.05, 4.69) is 19.2 Å². The van der Waals surface area contributed by atoms with E-state index < -0.39 is 0 Å². The van der Waals surface area contributed by atoms with Crippen LogP contribution in [0.2, 0.25) is 0 Å². The third-order valence-electron chi connectivity index (χ3n) is 3.55. The molecule has 0 amide bonds. The molecule has 0 aromatic heterocycles. The van der Waals surface area contributed by atoms with Gasteiger partial charge in [0.05, 0.1) is 0 Å². The molecule has 0 bridgehead atoms. The first-order valence-corrected chi connectivity index (χ1v) is 6.74. The SMILES string of the molecule is CCC(CC)(CCl)CNCc1ccc(O)cc1. The lowest BCUT2D eigenvalue weighted by molar-refractivity contribution is 0.286. The quantitative estimate of drug-likeness (QED) is 0.731. The minimum absolute atomic E-state index is 0.207. The smallest absolute Gasteiger partial charge is 0.115 e. The molecule has 0 aliphatic heterocycles. The van der Waals surface area contributed by atoms with Crippen LogP contribution in [-0.2, 0) is 6.54 Å². The first kappa shape index (κ1) is 14.3. The number of nitrogens with one attached hydrogen (secondary N) is 1. The van der Waals surface area contributed by atoms with Crippen molar-refractivity contribution >= 4 is 11.6 Å². The second-order valence-electron chi connectivity index (χ2n) is 4.61. The molecule has 0 unspecified atom stereocenters. The molecule has 0 spiro atoms. The normalized spacial score (nSPS) is 11.7. The van der Waals surface area contributed by atoms with Gasteiger partial charge in [0.2, 0.25) is 0 Å². The van der Waals surface area contributed by atoms with E-state index >= 15 is 0 Å². The van der Waals surface area contributed by atoms with E-state index in [0.29, 0.717) is 11.6 Å². The molecule has 0 heterocycles. The van der Waals surface area contributed by atoms with E-state index in [1.807, 2.05) is 12.1 Å². The lowest BCUT2D eigenvalue weighted by Crippen LogP contribution is -2.34. The summed E-state index contributed by atoms with van der Waals surface area (Å²) in [4.78, 5) is 0. The zero-order chi connectivity index (χ0) is 12.7. The van der Waals surface area contributed by atoms with Crippen LogP contribution in [0, 0.1) is 5.41 Å². The molecule has 0 aliphatic rings. The Morgan fingerprint density at radius 3 is 2.24 bits per heavy atom. The number of rotatable bonds is 7. The number of hydrogen-bond acceptors (Lipinski definition) is 2. The summed E-state index contributed by atoms with van der Waals surface area (Å²) in [5.74, 6) is 1.01. The van der Waals surface area contributed by atoms with E-state index in [1.165, 1.54) is 5.56 Å². The molecule has 0 fully saturated rings. The van der Waals surface area contributed by atoms with Gasteiger partial charge in [0, 0.05) is 19.0 Å². The lowest BCUT2D eigenvalue weighted by atomic mass is 9.84. The molecular formula is C14H22ClNO. The summed E-state index contributed by atoms with van der Waals surface area (Å²) in [5.41, 5.74) is 1.39. The fourth-order valence-electron chi connectivity index (χ4n) is 1.82. The number of alkyl halides is 1. The molecule has 0 aliphatic carbocycles. The van der Waals surface area contributed by atoms with Gasteiger partial charge in [0.15, 0.2) is 0 Å². The molecule has 0 atom stereocenters. The minimum Gasteiger partial charge on any atom is -0.508 e. The fourth-order valence-corrected chi connectivity index (χ4v) is 2.29. The number of hydrogen-bond donors (Lipinski definition) is 2. The molecule has 2 N–H and O–H groups in total. The fraction of sp³-hybridized carbons (Fsp3) is 0.571. The van der Waals surface area contributed by atoms with Gasteiger partial charge >= 0.3 is 0 Å². The van der Waals surface area contributed by atoms with Crippen LogP contribution in [0.1, 0.15) is 32.3 Å². The van der Waals surface area contributed by atoms with Gasteiger partial charge in [-0.15, -0.1) is 11.6 Å². The Morgan fingerprint density at radius 2 is 1.76 bits per heavy atom. The molecule has 3 heteroatoms. The predicted molar refractivity (Wildman–Crippen MR) is 73.5 cm³/mol. The van der Waals surface area contributed by atoms with Crippen molar-refractivity contribution in [3.8, 4) is 5.75 Å². The van der Waals surface area contributed by atoms with Crippen molar-refractivity contribution < 1.29 is 5.11 Å². The predicted octanol–water partition coefficient (Wildman–Crippen LogP) is 3.53. The maximum atomic E-state index is 9.19. The summed E-state index contributed by atoms with van der Waals surface area (Å²) in [7, 11) is 0. The Labute approximate surface area is 109 Å². The van der Waals surface area contributed by atoms with E-state index in [-0.39, 0.29) is 5.41 Å². The summed E-state index contributed by atoms with van der Waals surface area (Å²) in [6, 6.07) is 7.29. The molecule has 0 saturated heterocycles. The number of phenols is 1. The highest BCUT2D eigenvalue weighted by Crippen LogP contribution is 2.27. The first-order chi connectivity index (χ1) is 8.15. The van der Waals surface area contributed by atoms with Crippen LogP contribution in [0.15, 0.2) is 24.3 Å². The highest BCUT2D eigenvalue weighted by atomic mass is 35.5. The van der Waals surface area contributed by atoms with Crippen LogP contribution >= 0.6 is 11.6 Å². The Hall–Kier alpha value is -0.730. The van der Waals surface area contributed by atoms with Gasteiger partial charge in [-0.1, -0.05) is 26.0 Å². The molecule has 17 heavy (non-hydrogen) atoms. The third kappa shape index (κ3) is 4.21. The molecule has 0 saturated carbocycles. The van der Waals surface area contributed by atoms with Crippen LogP contribution in [0.25, 0.3) is 0 Å². The number of aromatic hydroxyl groups is 1. The lowest BCUT2D eigenvalue weighted by Gasteiger charge is -2.29. The Morgan fingerprint density at radius 1 is 1.18 bits per heavy atom. The van der Waals surface area contributed by atoms with Crippen LogP contribution < -0.4 is 5.32 Å². The van der Waals surface area contributed by atoms with Crippen molar-refractivity contribution in [2.45, 2.75) is 33.2 Å².